The van der Waals surface area contributed by atoms with E-state index in [1.807, 2.05) is 24.3 Å². The lowest BCUT2D eigenvalue weighted by molar-refractivity contribution is -0.0818. The van der Waals surface area contributed by atoms with Gasteiger partial charge in [0.25, 0.3) is 0 Å². The predicted octanol–water partition coefficient (Wildman–Crippen LogP) is 6.77. The first-order valence-electron chi connectivity index (χ1n) is 10.7. The van der Waals surface area contributed by atoms with Crippen molar-refractivity contribution in [2.45, 2.75) is 31.3 Å². The van der Waals surface area contributed by atoms with Gasteiger partial charge in [-0.3, -0.25) is 0 Å². The highest BCUT2D eigenvalue weighted by atomic mass is 16.5. The van der Waals surface area contributed by atoms with Gasteiger partial charge < -0.3 is 9.47 Å². The van der Waals surface area contributed by atoms with Crippen LogP contribution in [-0.2, 0) is 10.3 Å². The molecule has 4 rings (SSSR count). The van der Waals surface area contributed by atoms with Crippen LogP contribution in [-0.4, -0.2) is 13.7 Å². The van der Waals surface area contributed by atoms with Crippen LogP contribution in [0, 0.1) is 0 Å². The fourth-order valence-electron chi connectivity index (χ4n) is 4.11. The minimum Gasteiger partial charge on any atom is -0.497 e. The van der Waals surface area contributed by atoms with Gasteiger partial charge in [0.2, 0.25) is 0 Å². The molecule has 1 saturated heterocycles. The van der Waals surface area contributed by atoms with Gasteiger partial charge in [-0.2, -0.15) is 0 Å². The summed E-state index contributed by atoms with van der Waals surface area (Å²) in [6, 6.07) is 29.3. The Bertz CT molecular complexity index is 950. The molecule has 1 unspecified atom stereocenters. The molecule has 0 spiro atoms. The summed E-state index contributed by atoms with van der Waals surface area (Å²) in [5.74, 6) is 0.871. The lowest BCUT2D eigenvalue weighted by atomic mass is 9.83. The second-order valence-corrected chi connectivity index (χ2v) is 7.69. The summed E-state index contributed by atoms with van der Waals surface area (Å²) < 4.78 is 11.7. The van der Waals surface area contributed by atoms with Crippen molar-refractivity contribution in [3.8, 4) is 5.75 Å². The Labute approximate surface area is 179 Å². The van der Waals surface area contributed by atoms with Crippen LogP contribution in [0.2, 0.25) is 0 Å². The fourth-order valence-corrected chi connectivity index (χ4v) is 4.11. The van der Waals surface area contributed by atoms with Crippen LogP contribution in [0.5, 0.6) is 5.75 Å². The van der Waals surface area contributed by atoms with Crippen molar-refractivity contribution in [2.75, 3.05) is 13.7 Å². The maximum absolute atomic E-state index is 6.40. The Hall–Kier alpha value is -3.06. The number of ether oxygens (including phenoxy) is 2. The Kier molecular flexibility index (Phi) is 6.49. The molecule has 0 saturated carbocycles. The van der Waals surface area contributed by atoms with Gasteiger partial charge in [-0.25, -0.2) is 0 Å². The van der Waals surface area contributed by atoms with Crippen molar-refractivity contribution in [3.05, 3.63) is 113 Å². The molecule has 2 nitrogen and oxygen atoms in total. The van der Waals surface area contributed by atoms with Crippen molar-refractivity contribution in [1.82, 2.24) is 0 Å². The summed E-state index contributed by atoms with van der Waals surface area (Å²) in [6.45, 7) is 0.799. The third-order valence-corrected chi connectivity index (χ3v) is 5.77. The van der Waals surface area contributed by atoms with Crippen LogP contribution < -0.4 is 4.74 Å². The van der Waals surface area contributed by atoms with Gasteiger partial charge in [0.15, 0.2) is 0 Å². The molecule has 1 heterocycles. The number of rotatable bonds is 6. The molecule has 0 radical (unpaired) electrons. The molecule has 3 aromatic rings. The van der Waals surface area contributed by atoms with Crippen LogP contribution in [0.1, 0.15) is 42.4 Å². The number of methoxy groups -OCH3 is 1. The summed E-state index contributed by atoms with van der Waals surface area (Å²) in [5, 5.41) is 0. The Morgan fingerprint density at radius 3 is 2.07 bits per heavy atom. The summed E-state index contributed by atoms with van der Waals surface area (Å²) in [5.41, 5.74) is 7.97. The largest absolute Gasteiger partial charge is 0.497 e. The van der Waals surface area contributed by atoms with E-state index in [0.717, 1.165) is 37.2 Å². The molecule has 2 heteroatoms. The van der Waals surface area contributed by atoms with Crippen molar-refractivity contribution < 1.29 is 9.47 Å². The van der Waals surface area contributed by atoms with Crippen molar-refractivity contribution >= 4 is 5.57 Å². The topological polar surface area (TPSA) is 18.5 Å². The van der Waals surface area contributed by atoms with E-state index in [1.54, 1.807) is 7.11 Å². The quantitative estimate of drug-likeness (QED) is 0.428. The van der Waals surface area contributed by atoms with E-state index >= 15 is 0 Å². The molecule has 0 aromatic heterocycles. The summed E-state index contributed by atoms with van der Waals surface area (Å²) in [6.07, 6.45) is 6.27. The first kappa shape index (κ1) is 20.2. The third-order valence-electron chi connectivity index (χ3n) is 5.77. The molecule has 30 heavy (non-hydrogen) atoms. The maximum Gasteiger partial charge on any atom is 0.118 e. The van der Waals surface area contributed by atoms with E-state index in [2.05, 4.69) is 72.5 Å². The van der Waals surface area contributed by atoms with E-state index in [9.17, 15) is 0 Å². The molecule has 0 amide bonds. The van der Waals surface area contributed by atoms with Gasteiger partial charge in [-0.15, -0.1) is 5.73 Å². The van der Waals surface area contributed by atoms with Crippen molar-refractivity contribution in [2.24, 2.45) is 0 Å². The highest BCUT2D eigenvalue weighted by Gasteiger charge is 2.34. The average molecular weight is 397 g/mol. The maximum atomic E-state index is 6.40. The molecule has 1 atom stereocenters. The highest BCUT2D eigenvalue weighted by molar-refractivity contribution is 5.79. The van der Waals surface area contributed by atoms with Gasteiger partial charge in [0.05, 0.1) is 12.7 Å². The van der Waals surface area contributed by atoms with Crippen LogP contribution in [0.15, 0.2) is 96.7 Å². The van der Waals surface area contributed by atoms with Gasteiger partial charge in [0.1, 0.15) is 5.75 Å². The van der Waals surface area contributed by atoms with Gasteiger partial charge in [-0.05, 0) is 54.2 Å². The Morgan fingerprint density at radius 1 is 0.900 bits per heavy atom. The predicted molar refractivity (Wildman–Crippen MR) is 123 cm³/mol. The molecule has 3 aromatic carbocycles. The molecule has 1 fully saturated rings. The van der Waals surface area contributed by atoms with Gasteiger partial charge in [0, 0.05) is 18.6 Å². The lowest BCUT2D eigenvalue weighted by Crippen LogP contribution is -2.33. The molecule has 1 aliphatic rings. The normalized spacial score (nSPS) is 18.3. The van der Waals surface area contributed by atoms with Crippen molar-refractivity contribution in [3.63, 3.8) is 0 Å². The smallest absolute Gasteiger partial charge is 0.118 e. The zero-order valence-electron chi connectivity index (χ0n) is 17.5. The molecule has 0 N–H and O–H groups in total. The highest BCUT2D eigenvalue weighted by Crippen LogP contribution is 2.39. The van der Waals surface area contributed by atoms with E-state index in [1.165, 1.54) is 23.1 Å². The lowest BCUT2D eigenvalue weighted by Gasteiger charge is -2.37. The standard InChI is InChI=1S/C28H28O2/c1-29-26-18-16-25(17-19-26)28(20-8-9-22-30-28)21-10-15-27(23-11-4-2-5-12-23)24-13-6-3-7-14-24/h2-7,10-14,16-19H,8-9,20-22H2,1H3. The molecule has 1 aliphatic heterocycles. The second kappa shape index (κ2) is 9.63. The van der Waals surface area contributed by atoms with E-state index in [0.29, 0.717) is 0 Å². The first-order valence-corrected chi connectivity index (χ1v) is 10.7. The summed E-state index contributed by atoms with van der Waals surface area (Å²) in [4.78, 5) is 0. The number of benzene rings is 3. The zero-order valence-corrected chi connectivity index (χ0v) is 17.5. The van der Waals surface area contributed by atoms with Crippen LogP contribution in [0.3, 0.4) is 0 Å². The molecular formula is C28H28O2. The average Bonchev–Trinajstić information content (AvgIpc) is 2.83. The fraction of sp³-hybridized carbons (Fsp3) is 0.250. The van der Waals surface area contributed by atoms with Crippen LogP contribution in [0.4, 0.5) is 0 Å². The molecule has 0 bridgehead atoms. The van der Waals surface area contributed by atoms with Gasteiger partial charge in [-0.1, -0.05) is 72.8 Å². The van der Waals surface area contributed by atoms with Gasteiger partial charge >= 0.3 is 0 Å². The summed E-state index contributed by atoms with van der Waals surface area (Å²) >= 11 is 0. The minimum atomic E-state index is -0.296. The number of hydrogen-bond donors (Lipinski definition) is 0. The van der Waals surface area contributed by atoms with Crippen LogP contribution >= 0.6 is 0 Å². The Balaban J connectivity index is 1.70. The number of hydrogen-bond acceptors (Lipinski definition) is 2. The third kappa shape index (κ3) is 4.57. The van der Waals surface area contributed by atoms with E-state index in [-0.39, 0.29) is 5.60 Å². The molecule has 152 valence electrons. The zero-order chi connectivity index (χ0) is 20.7. The van der Waals surface area contributed by atoms with E-state index < -0.39 is 0 Å². The summed E-state index contributed by atoms with van der Waals surface area (Å²) in [7, 11) is 1.70. The SMILES string of the molecule is COc1ccc(C2(CC=C=C(c3ccccc3)c3ccccc3)CCCCO2)cc1. The first-order chi connectivity index (χ1) is 14.8. The van der Waals surface area contributed by atoms with Crippen molar-refractivity contribution in [1.29, 1.82) is 0 Å². The minimum absolute atomic E-state index is 0.296. The second-order valence-electron chi connectivity index (χ2n) is 7.69. The van der Waals surface area contributed by atoms with E-state index in [4.69, 9.17) is 9.47 Å². The van der Waals surface area contributed by atoms with Crippen LogP contribution in [0.25, 0.3) is 5.57 Å². The molecule has 0 aliphatic carbocycles. The molecular weight excluding hydrogens is 368 g/mol. The Morgan fingerprint density at radius 2 is 1.53 bits per heavy atom. The monoisotopic (exact) mass is 396 g/mol.